The third kappa shape index (κ3) is 7.14. The predicted molar refractivity (Wildman–Crippen MR) is 124 cm³/mol. The van der Waals surface area contributed by atoms with Crippen molar-refractivity contribution in [2.75, 3.05) is 37.7 Å². The zero-order chi connectivity index (χ0) is 18.2. The van der Waals surface area contributed by atoms with Gasteiger partial charge in [0.25, 0.3) is 0 Å². The smallest absolute Gasteiger partial charge is 0.191 e. The maximum absolute atomic E-state index is 5.43. The van der Waals surface area contributed by atoms with Crippen LogP contribution in [0.3, 0.4) is 0 Å². The topological polar surface area (TPSA) is 48.9 Å². The summed E-state index contributed by atoms with van der Waals surface area (Å²) >= 11 is 0. The molecule has 1 aliphatic carbocycles. The molecule has 0 unspecified atom stereocenters. The minimum absolute atomic E-state index is 0. The summed E-state index contributed by atoms with van der Waals surface area (Å²) in [5, 5.41) is 7.02. The highest BCUT2D eigenvalue weighted by atomic mass is 127. The monoisotopic (exact) mass is 486 g/mol. The van der Waals surface area contributed by atoms with Gasteiger partial charge in [0, 0.05) is 31.4 Å². The van der Waals surface area contributed by atoms with Gasteiger partial charge in [-0.2, -0.15) is 0 Å². The highest BCUT2D eigenvalue weighted by Gasteiger charge is 2.18. The fourth-order valence-electron chi connectivity index (χ4n) is 3.72. The second kappa shape index (κ2) is 11.7. The lowest BCUT2D eigenvalue weighted by Crippen LogP contribution is -2.44. The van der Waals surface area contributed by atoms with Crippen LogP contribution in [0.25, 0.3) is 0 Å². The Hall–Kier alpha value is -1.02. The average molecular weight is 486 g/mol. The number of nitrogens with zero attached hydrogens (tertiary/aromatic N) is 2. The molecule has 5 nitrogen and oxygen atoms in total. The van der Waals surface area contributed by atoms with Gasteiger partial charge in [-0.3, -0.25) is 0 Å². The Morgan fingerprint density at radius 1 is 1.11 bits per heavy atom. The minimum atomic E-state index is 0. The fourth-order valence-corrected chi connectivity index (χ4v) is 3.72. The van der Waals surface area contributed by atoms with Gasteiger partial charge < -0.3 is 20.3 Å². The number of guanidine groups is 1. The number of halogens is 1. The zero-order valence-electron chi connectivity index (χ0n) is 16.7. The van der Waals surface area contributed by atoms with Gasteiger partial charge >= 0.3 is 0 Å². The number of morpholine rings is 1. The van der Waals surface area contributed by atoms with E-state index in [1.165, 1.54) is 36.9 Å². The van der Waals surface area contributed by atoms with E-state index in [2.05, 4.69) is 53.6 Å². The van der Waals surface area contributed by atoms with E-state index in [1.807, 2.05) is 0 Å². The van der Waals surface area contributed by atoms with Gasteiger partial charge in [-0.15, -0.1) is 24.0 Å². The molecular formula is C21H35IN4O. The second-order valence-corrected chi connectivity index (χ2v) is 7.56. The number of rotatable bonds is 5. The first-order valence-electron chi connectivity index (χ1n) is 10.2. The Labute approximate surface area is 181 Å². The summed E-state index contributed by atoms with van der Waals surface area (Å²) in [5.41, 5.74) is 2.53. The predicted octanol–water partition coefficient (Wildman–Crippen LogP) is 3.78. The van der Waals surface area contributed by atoms with Crippen molar-refractivity contribution in [2.24, 2.45) is 10.9 Å². The van der Waals surface area contributed by atoms with Gasteiger partial charge in [0.1, 0.15) is 0 Å². The normalized spacial score (nSPS) is 23.5. The van der Waals surface area contributed by atoms with Crippen LogP contribution in [0.4, 0.5) is 5.69 Å². The Morgan fingerprint density at radius 2 is 1.78 bits per heavy atom. The number of ether oxygens (including phenoxy) is 1. The quantitative estimate of drug-likeness (QED) is 0.378. The van der Waals surface area contributed by atoms with E-state index in [9.17, 15) is 0 Å². The molecule has 1 aliphatic heterocycles. The lowest BCUT2D eigenvalue weighted by atomic mass is 9.87. The molecule has 0 radical (unpaired) electrons. The standard InChI is InChI=1S/C21H34N4O.HI/c1-3-22-21(24-19-8-4-17(2)5-9-19)23-16-18-6-10-20(11-7-18)25-12-14-26-15-13-25;/h6-7,10-11,17,19H,3-5,8-9,12-16H2,1-2H3,(H2,22,23,24);1H. The van der Waals surface area contributed by atoms with Crippen molar-refractivity contribution in [1.82, 2.24) is 10.6 Å². The molecule has 0 bridgehead atoms. The first kappa shape index (κ1) is 22.3. The molecule has 0 aromatic heterocycles. The summed E-state index contributed by atoms with van der Waals surface area (Å²) in [6.07, 6.45) is 5.14. The van der Waals surface area contributed by atoms with E-state index in [0.29, 0.717) is 12.6 Å². The average Bonchev–Trinajstić information content (AvgIpc) is 2.69. The molecule has 1 saturated heterocycles. The molecule has 3 rings (SSSR count). The van der Waals surface area contributed by atoms with Crippen LogP contribution in [0.2, 0.25) is 0 Å². The van der Waals surface area contributed by atoms with Gasteiger partial charge in [0.2, 0.25) is 0 Å². The minimum Gasteiger partial charge on any atom is -0.378 e. The van der Waals surface area contributed by atoms with Crippen LogP contribution >= 0.6 is 24.0 Å². The van der Waals surface area contributed by atoms with Crippen molar-refractivity contribution >= 4 is 35.6 Å². The van der Waals surface area contributed by atoms with Crippen LogP contribution in [0.5, 0.6) is 0 Å². The third-order valence-electron chi connectivity index (χ3n) is 5.43. The second-order valence-electron chi connectivity index (χ2n) is 7.56. The third-order valence-corrected chi connectivity index (χ3v) is 5.43. The van der Waals surface area contributed by atoms with Crippen molar-refractivity contribution in [3.05, 3.63) is 29.8 Å². The maximum Gasteiger partial charge on any atom is 0.191 e. The molecule has 1 saturated carbocycles. The molecule has 1 aromatic carbocycles. The molecule has 0 spiro atoms. The maximum atomic E-state index is 5.43. The van der Waals surface area contributed by atoms with E-state index >= 15 is 0 Å². The Morgan fingerprint density at radius 3 is 2.41 bits per heavy atom. The molecule has 1 aromatic rings. The number of aliphatic imine (C=N–C) groups is 1. The molecule has 1 heterocycles. The first-order chi connectivity index (χ1) is 12.7. The van der Waals surface area contributed by atoms with Gasteiger partial charge in [-0.1, -0.05) is 19.1 Å². The van der Waals surface area contributed by atoms with E-state index in [4.69, 9.17) is 9.73 Å². The number of benzene rings is 1. The summed E-state index contributed by atoms with van der Waals surface area (Å²) < 4.78 is 5.43. The summed E-state index contributed by atoms with van der Waals surface area (Å²) in [6.45, 7) is 9.69. The number of hydrogen-bond acceptors (Lipinski definition) is 3. The Kier molecular flexibility index (Phi) is 9.68. The molecule has 2 fully saturated rings. The zero-order valence-corrected chi connectivity index (χ0v) is 19.1. The summed E-state index contributed by atoms with van der Waals surface area (Å²) in [5.74, 6) is 1.82. The largest absolute Gasteiger partial charge is 0.378 e. The van der Waals surface area contributed by atoms with Crippen molar-refractivity contribution < 1.29 is 4.74 Å². The van der Waals surface area contributed by atoms with Crippen molar-refractivity contribution in [2.45, 2.75) is 52.1 Å². The van der Waals surface area contributed by atoms with Gasteiger partial charge in [-0.05, 0) is 56.2 Å². The van der Waals surface area contributed by atoms with E-state index in [-0.39, 0.29) is 24.0 Å². The first-order valence-corrected chi connectivity index (χ1v) is 10.2. The number of anilines is 1. The SMILES string of the molecule is CCNC(=NCc1ccc(N2CCOCC2)cc1)NC1CCC(C)CC1.I. The van der Waals surface area contributed by atoms with Crippen molar-refractivity contribution in [3.63, 3.8) is 0 Å². The fraction of sp³-hybridized carbons (Fsp3) is 0.667. The molecule has 2 N–H and O–H groups in total. The molecule has 27 heavy (non-hydrogen) atoms. The summed E-state index contributed by atoms with van der Waals surface area (Å²) in [7, 11) is 0. The van der Waals surface area contributed by atoms with Crippen molar-refractivity contribution in [1.29, 1.82) is 0 Å². The van der Waals surface area contributed by atoms with E-state index in [1.54, 1.807) is 0 Å². The molecule has 2 aliphatic rings. The van der Waals surface area contributed by atoms with E-state index in [0.717, 1.165) is 44.7 Å². The van der Waals surface area contributed by atoms with Crippen LogP contribution in [-0.2, 0) is 11.3 Å². The Balaban J connectivity index is 0.00000261. The van der Waals surface area contributed by atoms with Gasteiger partial charge in [0.05, 0.1) is 19.8 Å². The molecule has 152 valence electrons. The lowest BCUT2D eigenvalue weighted by molar-refractivity contribution is 0.122. The highest BCUT2D eigenvalue weighted by Crippen LogP contribution is 2.23. The molecule has 0 amide bonds. The molecule has 0 atom stereocenters. The van der Waals surface area contributed by atoms with Crippen molar-refractivity contribution in [3.8, 4) is 0 Å². The van der Waals surface area contributed by atoms with Crippen LogP contribution < -0.4 is 15.5 Å². The lowest BCUT2D eigenvalue weighted by Gasteiger charge is -2.29. The molecular weight excluding hydrogens is 451 g/mol. The Bertz CT molecular complexity index is 564. The number of hydrogen-bond donors (Lipinski definition) is 2. The van der Waals surface area contributed by atoms with Crippen LogP contribution in [-0.4, -0.2) is 44.8 Å². The summed E-state index contributed by atoms with van der Waals surface area (Å²) in [4.78, 5) is 7.18. The highest BCUT2D eigenvalue weighted by molar-refractivity contribution is 14.0. The van der Waals surface area contributed by atoms with Crippen LogP contribution in [0.15, 0.2) is 29.3 Å². The van der Waals surface area contributed by atoms with E-state index < -0.39 is 0 Å². The van der Waals surface area contributed by atoms with Gasteiger partial charge in [-0.25, -0.2) is 4.99 Å². The summed E-state index contributed by atoms with van der Waals surface area (Å²) in [6, 6.07) is 9.37. The van der Waals surface area contributed by atoms with Gasteiger partial charge in [0.15, 0.2) is 5.96 Å². The number of nitrogens with one attached hydrogen (secondary N) is 2. The molecule has 6 heteroatoms. The van der Waals surface area contributed by atoms with Crippen LogP contribution in [0, 0.1) is 5.92 Å². The van der Waals surface area contributed by atoms with Crippen LogP contribution in [0.1, 0.15) is 45.1 Å².